The lowest BCUT2D eigenvalue weighted by Crippen LogP contribution is -2.30. The highest BCUT2D eigenvalue weighted by molar-refractivity contribution is 5.96. The first kappa shape index (κ1) is 16.1. The van der Waals surface area contributed by atoms with Crippen molar-refractivity contribution < 1.29 is 14.3 Å². The lowest BCUT2D eigenvalue weighted by Gasteiger charge is -2.17. The standard InChI is InChI=1S/C19H20N2O3/c1-14(24-17-6-3-2-4-7-17)19(23)20-15-9-11-16(12-10-15)21-13-5-8-18(21)22/h2-4,6-7,9-12,14H,5,8,13H2,1H3,(H,20,23)/t14-/m0/s1. The van der Waals surface area contributed by atoms with Crippen LogP contribution in [0, 0.1) is 0 Å². The summed E-state index contributed by atoms with van der Waals surface area (Å²) in [5.74, 6) is 0.587. The van der Waals surface area contributed by atoms with E-state index >= 15 is 0 Å². The van der Waals surface area contributed by atoms with Gasteiger partial charge in [0.25, 0.3) is 5.91 Å². The summed E-state index contributed by atoms with van der Waals surface area (Å²) in [6, 6.07) is 16.5. The summed E-state index contributed by atoms with van der Waals surface area (Å²) in [6.45, 7) is 2.46. The predicted octanol–water partition coefficient (Wildman–Crippen LogP) is 3.22. The second kappa shape index (κ2) is 7.17. The molecule has 0 unspecified atom stereocenters. The van der Waals surface area contributed by atoms with Crippen molar-refractivity contribution in [1.29, 1.82) is 0 Å². The molecule has 1 atom stereocenters. The van der Waals surface area contributed by atoms with Gasteiger partial charge in [-0.1, -0.05) is 18.2 Å². The van der Waals surface area contributed by atoms with Crippen LogP contribution in [0.2, 0.25) is 0 Å². The third kappa shape index (κ3) is 3.74. The predicted molar refractivity (Wildman–Crippen MR) is 93.2 cm³/mol. The topological polar surface area (TPSA) is 58.6 Å². The van der Waals surface area contributed by atoms with E-state index in [1.165, 1.54) is 0 Å². The van der Waals surface area contributed by atoms with Crippen LogP contribution in [0.25, 0.3) is 0 Å². The van der Waals surface area contributed by atoms with Gasteiger partial charge >= 0.3 is 0 Å². The molecule has 0 saturated carbocycles. The van der Waals surface area contributed by atoms with Crippen molar-refractivity contribution >= 4 is 23.2 Å². The molecule has 1 aliphatic rings. The van der Waals surface area contributed by atoms with Crippen LogP contribution in [0.4, 0.5) is 11.4 Å². The van der Waals surface area contributed by atoms with Crippen LogP contribution in [0.1, 0.15) is 19.8 Å². The van der Waals surface area contributed by atoms with E-state index in [2.05, 4.69) is 5.32 Å². The Morgan fingerprint density at radius 3 is 2.46 bits per heavy atom. The van der Waals surface area contributed by atoms with Crippen molar-refractivity contribution in [2.45, 2.75) is 25.9 Å². The molecule has 2 aromatic rings. The Balaban J connectivity index is 1.59. The van der Waals surface area contributed by atoms with E-state index in [9.17, 15) is 9.59 Å². The number of nitrogens with one attached hydrogen (secondary N) is 1. The molecule has 0 aliphatic carbocycles. The van der Waals surface area contributed by atoms with Gasteiger partial charge in [0.15, 0.2) is 6.10 Å². The van der Waals surface area contributed by atoms with Crippen LogP contribution in [0.5, 0.6) is 5.75 Å². The largest absolute Gasteiger partial charge is 0.481 e. The van der Waals surface area contributed by atoms with Crippen LogP contribution in [-0.4, -0.2) is 24.5 Å². The second-order valence-electron chi connectivity index (χ2n) is 5.76. The Morgan fingerprint density at radius 2 is 1.83 bits per heavy atom. The maximum absolute atomic E-state index is 12.2. The molecule has 0 aromatic heterocycles. The molecule has 1 saturated heterocycles. The number of hydrogen-bond donors (Lipinski definition) is 1. The van der Waals surface area contributed by atoms with Gasteiger partial charge < -0.3 is 15.0 Å². The molecule has 1 heterocycles. The fourth-order valence-electron chi connectivity index (χ4n) is 2.65. The Hall–Kier alpha value is -2.82. The summed E-state index contributed by atoms with van der Waals surface area (Å²) in [7, 11) is 0. The highest BCUT2D eigenvalue weighted by atomic mass is 16.5. The van der Waals surface area contributed by atoms with Gasteiger partial charge in [-0.15, -0.1) is 0 Å². The van der Waals surface area contributed by atoms with Gasteiger partial charge in [-0.3, -0.25) is 9.59 Å². The number of amides is 2. The number of rotatable bonds is 5. The molecular weight excluding hydrogens is 304 g/mol. The molecule has 0 radical (unpaired) electrons. The monoisotopic (exact) mass is 324 g/mol. The van der Waals surface area contributed by atoms with Gasteiger partial charge in [-0.2, -0.15) is 0 Å². The smallest absolute Gasteiger partial charge is 0.265 e. The maximum Gasteiger partial charge on any atom is 0.265 e. The number of ether oxygens (including phenoxy) is 1. The summed E-state index contributed by atoms with van der Waals surface area (Å²) in [5, 5.41) is 2.82. The van der Waals surface area contributed by atoms with Crippen LogP contribution >= 0.6 is 0 Å². The van der Waals surface area contributed by atoms with Crippen molar-refractivity contribution in [2.24, 2.45) is 0 Å². The molecule has 3 rings (SSSR count). The number of hydrogen-bond acceptors (Lipinski definition) is 3. The SMILES string of the molecule is C[C@H](Oc1ccccc1)C(=O)Nc1ccc(N2CCCC2=O)cc1. The molecule has 0 spiro atoms. The summed E-state index contributed by atoms with van der Waals surface area (Å²) >= 11 is 0. The van der Waals surface area contributed by atoms with Gasteiger partial charge in [-0.25, -0.2) is 0 Å². The molecule has 2 aromatic carbocycles. The Kier molecular flexibility index (Phi) is 4.79. The normalized spacial score (nSPS) is 15.2. The van der Waals surface area contributed by atoms with Gasteiger partial charge in [0.2, 0.25) is 5.91 Å². The highest BCUT2D eigenvalue weighted by Gasteiger charge is 2.21. The molecule has 1 aliphatic heterocycles. The van der Waals surface area contributed by atoms with Crippen molar-refractivity contribution in [3.63, 3.8) is 0 Å². The van der Waals surface area contributed by atoms with Gasteiger partial charge in [0.1, 0.15) is 5.75 Å². The minimum Gasteiger partial charge on any atom is -0.481 e. The van der Waals surface area contributed by atoms with Gasteiger partial charge in [-0.05, 0) is 49.7 Å². The molecule has 2 amide bonds. The molecule has 1 N–H and O–H groups in total. The first-order chi connectivity index (χ1) is 11.6. The van der Waals surface area contributed by atoms with E-state index in [1.54, 1.807) is 24.0 Å². The molecule has 124 valence electrons. The third-order valence-electron chi connectivity index (χ3n) is 3.95. The summed E-state index contributed by atoms with van der Waals surface area (Å²) in [4.78, 5) is 25.7. The van der Waals surface area contributed by atoms with E-state index in [4.69, 9.17) is 4.74 Å². The number of para-hydroxylation sites is 1. The zero-order valence-corrected chi connectivity index (χ0v) is 13.6. The van der Waals surface area contributed by atoms with Gasteiger partial charge in [0, 0.05) is 24.3 Å². The number of nitrogens with zero attached hydrogens (tertiary/aromatic N) is 1. The van der Waals surface area contributed by atoms with E-state index < -0.39 is 6.10 Å². The lowest BCUT2D eigenvalue weighted by molar-refractivity contribution is -0.122. The van der Waals surface area contributed by atoms with E-state index in [1.807, 2.05) is 42.5 Å². The fraction of sp³-hybridized carbons (Fsp3) is 0.263. The van der Waals surface area contributed by atoms with Crippen LogP contribution in [0.3, 0.4) is 0 Å². The number of carbonyl (C=O) groups excluding carboxylic acids is 2. The highest BCUT2D eigenvalue weighted by Crippen LogP contribution is 2.23. The summed E-state index contributed by atoms with van der Waals surface area (Å²) in [6.07, 6.45) is 0.894. The van der Waals surface area contributed by atoms with Crippen LogP contribution in [-0.2, 0) is 9.59 Å². The molecular formula is C19H20N2O3. The van der Waals surface area contributed by atoms with Gasteiger partial charge in [0.05, 0.1) is 0 Å². The summed E-state index contributed by atoms with van der Waals surface area (Å²) in [5.41, 5.74) is 1.54. The lowest BCUT2D eigenvalue weighted by atomic mass is 10.2. The Bertz CT molecular complexity index is 713. The van der Waals surface area contributed by atoms with E-state index in [0.717, 1.165) is 18.7 Å². The quantitative estimate of drug-likeness (QED) is 0.918. The summed E-state index contributed by atoms with van der Waals surface area (Å²) < 4.78 is 5.60. The first-order valence-corrected chi connectivity index (χ1v) is 8.06. The average Bonchev–Trinajstić information content (AvgIpc) is 3.02. The second-order valence-corrected chi connectivity index (χ2v) is 5.76. The average molecular weight is 324 g/mol. The van der Waals surface area contributed by atoms with Crippen LogP contribution in [0.15, 0.2) is 54.6 Å². The number of carbonyl (C=O) groups is 2. The molecule has 5 nitrogen and oxygen atoms in total. The zero-order chi connectivity index (χ0) is 16.9. The number of anilines is 2. The fourth-order valence-corrected chi connectivity index (χ4v) is 2.65. The molecule has 0 bridgehead atoms. The van der Waals surface area contributed by atoms with Crippen molar-refractivity contribution in [3.8, 4) is 5.75 Å². The first-order valence-electron chi connectivity index (χ1n) is 8.06. The van der Waals surface area contributed by atoms with E-state index in [0.29, 0.717) is 17.9 Å². The minimum absolute atomic E-state index is 0.150. The Morgan fingerprint density at radius 1 is 1.12 bits per heavy atom. The maximum atomic E-state index is 12.2. The molecule has 5 heteroatoms. The Labute approximate surface area is 141 Å². The van der Waals surface area contributed by atoms with Crippen molar-refractivity contribution in [1.82, 2.24) is 0 Å². The number of benzene rings is 2. The van der Waals surface area contributed by atoms with E-state index in [-0.39, 0.29) is 11.8 Å². The van der Waals surface area contributed by atoms with Crippen LogP contribution < -0.4 is 15.0 Å². The minimum atomic E-state index is -0.604. The zero-order valence-electron chi connectivity index (χ0n) is 13.6. The molecule has 1 fully saturated rings. The third-order valence-corrected chi connectivity index (χ3v) is 3.95. The molecule has 24 heavy (non-hydrogen) atoms. The van der Waals surface area contributed by atoms with Crippen molar-refractivity contribution in [3.05, 3.63) is 54.6 Å². The van der Waals surface area contributed by atoms with Crippen molar-refractivity contribution in [2.75, 3.05) is 16.8 Å².